The van der Waals surface area contributed by atoms with Crippen molar-refractivity contribution in [3.8, 4) is 0 Å². The zero-order valence-electron chi connectivity index (χ0n) is 9.31. The number of carboxylic acid groups (broad SMARTS) is 1. The Morgan fingerprint density at radius 3 is 2.50 bits per heavy atom. The van der Waals surface area contributed by atoms with E-state index >= 15 is 0 Å². The molecular formula is C10H10BrNO5S. The highest BCUT2D eigenvalue weighted by molar-refractivity contribution is 9.10. The van der Waals surface area contributed by atoms with Crippen molar-refractivity contribution >= 4 is 43.3 Å². The van der Waals surface area contributed by atoms with E-state index in [1.807, 2.05) is 0 Å². The fourth-order valence-corrected chi connectivity index (χ4v) is 2.07. The SMILES string of the molecule is CS(=O)(=O)CC(=O)Nc1cc(C(=O)O)ccc1Br. The van der Waals surface area contributed by atoms with E-state index in [-0.39, 0.29) is 11.3 Å². The molecule has 1 aromatic carbocycles. The number of hydrogen-bond acceptors (Lipinski definition) is 4. The molecule has 0 spiro atoms. The lowest BCUT2D eigenvalue weighted by Gasteiger charge is -2.07. The number of carbonyl (C=O) groups excluding carboxylic acids is 1. The van der Waals surface area contributed by atoms with E-state index < -0.39 is 27.5 Å². The van der Waals surface area contributed by atoms with E-state index in [0.717, 1.165) is 6.26 Å². The van der Waals surface area contributed by atoms with E-state index in [1.165, 1.54) is 18.2 Å². The van der Waals surface area contributed by atoms with Crippen LogP contribution >= 0.6 is 15.9 Å². The minimum Gasteiger partial charge on any atom is -0.478 e. The Kier molecular flexibility index (Phi) is 4.47. The highest BCUT2D eigenvalue weighted by atomic mass is 79.9. The van der Waals surface area contributed by atoms with Gasteiger partial charge in [0.25, 0.3) is 0 Å². The molecule has 0 unspecified atom stereocenters. The highest BCUT2D eigenvalue weighted by Crippen LogP contribution is 2.23. The van der Waals surface area contributed by atoms with E-state index in [0.29, 0.717) is 4.47 Å². The third-order valence-corrected chi connectivity index (χ3v) is 3.36. The number of nitrogens with one attached hydrogen (secondary N) is 1. The predicted molar refractivity (Wildman–Crippen MR) is 69.4 cm³/mol. The van der Waals surface area contributed by atoms with Gasteiger partial charge >= 0.3 is 5.97 Å². The molecule has 98 valence electrons. The molecule has 6 nitrogen and oxygen atoms in total. The van der Waals surface area contributed by atoms with Gasteiger partial charge in [0.1, 0.15) is 5.75 Å². The van der Waals surface area contributed by atoms with Gasteiger partial charge in [-0.05, 0) is 34.1 Å². The Morgan fingerprint density at radius 1 is 1.39 bits per heavy atom. The maximum atomic E-state index is 11.4. The molecule has 0 saturated heterocycles. The normalized spacial score (nSPS) is 11.0. The third-order valence-electron chi connectivity index (χ3n) is 1.88. The molecule has 0 atom stereocenters. The van der Waals surface area contributed by atoms with Gasteiger partial charge in [0, 0.05) is 10.7 Å². The first-order valence-electron chi connectivity index (χ1n) is 4.69. The maximum Gasteiger partial charge on any atom is 0.335 e. The van der Waals surface area contributed by atoms with Crippen molar-refractivity contribution < 1.29 is 23.1 Å². The second-order valence-electron chi connectivity index (χ2n) is 3.62. The number of carboxylic acids is 1. The zero-order chi connectivity index (χ0) is 13.9. The number of sulfone groups is 1. The summed E-state index contributed by atoms with van der Waals surface area (Å²) in [5, 5.41) is 11.1. The summed E-state index contributed by atoms with van der Waals surface area (Å²) in [4.78, 5) is 22.2. The van der Waals surface area contributed by atoms with Gasteiger partial charge in [-0.25, -0.2) is 13.2 Å². The van der Waals surface area contributed by atoms with Crippen molar-refractivity contribution in [2.24, 2.45) is 0 Å². The van der Waals surface area contributed by atoms with Crippen LogP contribution in [0, 0.1) is 0 Å². The van der Waals surface area contributed by atoms with E-state index in [4.69, 9.17) is 5.11 Å². The zero-order valence-corrected chi connectivity index (χ0v) is 11.7. The van der Waals surface area contributed by atoms with Crippen LogP contribution in [0.4, 0.5) is 5.69 Å². The summed E-state index contributed by atoms with van der Waals surface area (Å²) < 4.78 is 22.3. The Bertz CT molecular complexity index is 596. The van der Waals surface area contributed by atoms with Gasteiger partial charge in [-0.2, -0.15) is 0 Å². The molecule has 1 amide bonds. The lowest BCUT2D eigenvalue weighted by atomic mass is 10.2. The van der Waals surface area contributed by atoms with Crippen molar-refractivity contribution in [2.45, 2.75) is 0 Å². The van der Waals surface area contributed by atoms with Gasteiger partial charge in [-0.3, -0.25) is 4.79 Å². The molecule has 8 heteroatoms. The number of aromatic carboxylic acids is 1. The van der Waals surface area contributed by atoms with Crippen LogP contribution in [0.5, 0.6) is 0 Å². The van der Waals surface area contributed by atoms with Crippen LogP contribution in [0.25, 0.3) is 0 Å². The average molecular weight is 336 g/mol. The van der Waals surface area contributed by atoms with Gasteiger partial charge in [0.05, 0.1) is 11.3 Å². The highest BCUT2D eigenvalue weighted by Gasteiger charge is 2.13. The molecule has 0 aliphatic heterocycles. The molecule has 1 aromatic rings. The maximum absolute atomic E-state index is 11.4. The molecular weight excluding hydrogens is 326 g/mol. The van der Waals surface area contributed by atoms with Crippen LogP contribution in [0.1, 0.15) is 10.4 Å². The first-order valence-corrected chi connectivity index (χ1v) is 7.55. The van der Waals surface area contributed by atoms with E-state index in [2.05, 4.69) is 21.2 Å². The second kappa shape index (κ2) is 5.49. The van der Waals surface area contributed by atoms with E-state index in [9.17, 15) is 18.0 Å². The quantitative estimate of drug-likeness (QED) is 0.858. The fraction of sp³-hybridized carbons (Fsp3) is 0.200. The topological polar surface area (TPSA) is 101 Å². The number of benzene rings is 1. The summed E-state index contributed by atoms with van der Waals surface area (Å²) in [7, 11) is -3.43. The molecule has 0 fully saturated rings. The number of halogens is 1. The molecule has 0 heterocycles. The smallest absolute Gasteiger partial charge is 0.335 e. The van der Waals surface area contributed by atoms with Gasteiger partial charge < -0.3 is 10.4 Å². The van der Waals surface area contributed by atoms with Gasteiger partial charge in [-0.15, -0.1) is 0 Å². The molecule has 0 bridgehead atoms. The minimum atomic E-state index is -3.43. The van der Waals surface area contributed by atoms with Crippen LogP contribution in [-0.2, 0) is 14.6 Å². The largest absolute Gasteiger partial charge is 0.478 e. The minimum absolute atomic E-state index is 0.00662. The van der Waals surface area contributed by atoms with Crippen molar-refractivity contribution in [3.63, 3.8) is 0 Å². The summed E-state index contributed by atoms with van der Waals surface area (Å²) in [5.41, 5.74) is 0.205. The summed E-state index contributed by atoms with van der Waals surface area (Å²) >= 11 is 3.13. The first-order chi connectivity index (χ1) is 8.19. The average Bonchev–Trinajstić information content (AvgIpc) is 2.18. The van der Waals surface area contributed by atoms with Gasteiger partial charge in [0.15, 0.2) is 9.84 Å². The Labute approximate surface area is 112 Å². The monoisotopic (exact) mass is 335 g/mol. The molecule has 2 N–H and O–H groups in total. The van der Waals surface area contributed by atoms with Crippen molar-refractivity contribution in [1.82, 2.24) is 0 Å². The van der Waals surface area contributed by atoms with Crippen molar-refractivity contribution in [3.05, 3.63) is 28.2 Å². The molecule has 0 saturated carbocycles. The molecule has 0 aliphatic carbocycles. The molecule has 0 aromatic heterocycles. The van der Waals surface area contributed by atoms with Crippen LogP contribution in [-0.4, -0.2) is 37.4 Å². The molecule has 18 heavy (non-hydrogen) atoms. The lowest BCUT2D eigenvalue weighted by molar-refractivity contribution is -0.113. The summed E-state index contributed by atoms with van der Waals surface area (Å²) in [6.07, 6.45) is 0.940. The lowest BCUT2D eigenvalue weighted by Crippen LogP contribution is -2.22. The van der Waals surface area contributed by atoms with Crippen LogP contribution < -0.4 is 5.32 Å². The Hall–Kier alpha value is -1.41. The number of anilines is 1. The van der Waals surface area contributed by atoms with E-state index in [1.54, 1.807) is 0 Å². The summed E-state index contributed by atoms with van der Waals surface area (Å²) in [6, 6.07) is 4.06. The van der Waals surface area contributed by atoms with Crippen LogP contribution in [0.2, 0.25) is 0 Å². The second-order valence-corrected chi connectivity index (χ2v) is 6.61. The standard InChI is InChI=1S/C10H10BrNO5S/c1-18(16,17)5-9(13)12-8-4-6(10(14)15)2-3-7(8)11/h2-4H,5H2,1H3,(H,12,13)(H,14,15). The number of hydrogen-bond donors (Lipinski definition) is 2. The van der Waals surface area contributed by atoms with Gasteiger partial charge in [-0.1, -0.05) is 0 Å². The summed E-state index contributed by atoms with van der Waals surface area (Å²) in [6.45, 7) is 0. The van der Waals surface area contributed by atoms with Crippen LogP contribution in [0.15, 0.2) is 22.7 Å². The number of rotatable bonds is 4. The predicted octanol–water partition coefficient (Wildman–Crippen LogP) is 1.13. The number of carbonyl (C=O) groups is 2. The molecule has 0 aliphatic rings. The Morgan fingerprint density at radius 2 is 2.00 bits per heavy atom. The van der Waals surface area contributed by atoms with Crippen LogP contribution in [0.3, 0.4) is 0 Å². The first kappa shape index (κ1) is 14.7. The third kappa shape index (κ3) is 4.46. The molecule has 1 rings (SSSR count). The van der Waals surface area contributed by atoms with Gasteiger partial charge in [0.2, 0.25) is 5.91 Å². The number of amides is 1. The summed E-state index contributed by atoms with van der Waals surface area (Å²) in [5.74, 6) is -2.52. The molecule has 0 radical (unpaired) electrons. The Balaban J connectivity index is 2.93. The fourth-order valence-electron chi connectivity index (χ4n) is 1.18. The van der Waals surface area contributed by atoms with Crippen molar-refractivity contribution in [1.29, 1.82) is 0 Å². The van der Waals surface area contributed by atoms with Crippen molar-refractivity contribution in [2.75, 3.05) is 17.3 Å².